The van der Waals surface area contributed by atoms with Crippen molar-refractivity contribution in [2.75, 3.05) is 18.5 Å². The Morgan fingerprint density at radius 1 is 1.27 bits per heavy atom. The van der Waals surface area contributed by atoms with Gasteiger partial charge < -0.3 is 14.8 Å². The normalized spacial score (nSPS) is 20.8. The van der Waals surface area contributed by atoms with Crippen molar-refractivity contribution < 1.29 is 23.0 Å². The highest BCUT2D eigenvalue weighted by atomic mass is 19.1. The van der Waals surface area contributed by atoms with Crippen LogP contribution in [0.4, 0.5) is 14.5 Å². The first kappa shape index (κ1) is 20.0. The van der Waals surface area contributed by atoms with E-state index in [2.05, 4.69) is 15.4 Å². The summed E-state index contributed by atoms with van der Waals surface area (Å²) in [6, 6.07) is 10.5. The Kier molecular flexibility index (Phi) is 5.71. The van der Waals surface area contributed by atoms with Gasteiger partial charge in [-0.2, -0.15) is 5.10 Å². The second-order valence-electron chi connectivity index (χ2n) is 7.19. The van der Waals surface area contributed by atoms with Crippen molar-refractivity contribution in [3.05, 3.63) is 72.3 Å². The number of benzene rings is 2. The number of carbonyl (C=O) groups excluding carboxylic acids is 1. The molecule has 3 aromatic rings. The highest BCUT2D eigenvalue weighted by molar-refractivity contribution is 5.71. The molecule has 0 aliphatic carbocycles. The van der Waals surface area contributed by atoms with Gasteiger partial charge in [0.1, 0.15) is 35.6 Å². The summed E-state index contributed by atoms with van der Waals surface area (Å²) in [4.78, 5) is 14.4. The van der Waals surface area contributed by atoms with Gasteiger partial charge in [-0.3, -0.25) is 4.79 Å². The number of carbonyl (C=O) groups is 1. The number of amides is 1. The van der Waals surface area contributed by atoms with Gasteiger partial charge in [0.15, 0.2) is 0 Å². The van der Waals surface area contributed by atoms with E-state index in [-0.39, 0.29) is 18.0 Å². The van der Waals surface area contributed by atoms with Crippen molar-refractivity contribution in [3.63, 3.8) is 0 Å². The van der Waals surface area contributed by atoms with Gasteiger partial charge >= 0.3 is 0 Å². The molecule has 1 fully saturated rings. The monoisotopic (exact) mass is 414 g/mol. The maximum absolute atomic E-state index is 14.6. The molecule has 0 bridgehead atoms. The minimum Gasteiger partial charge on any atom is -0.493 e. The maximum Gasteiger partial charge on any atom is 0.211 e. The van der Waals surface area contributed by atoms with Crippen molar-refractivity contribution in [1.82, 2.24) is 14.8 Å². The van der Waals surface area contributed by atoms with E-state index in [1.807, 2.05) is 0 Å². The molecule has 1 N–H and O–H groups in total. The molecule has 0 spiro atoms. The van der Waals surface area contributed by atoms with Gasteiger partial charge in [-0.05, 0) is 36.8 Å². The molecule has 0 saturated carbocycles. The number of ether oxygens (including phenoxy) is 2. The van der Waals surface area contributed by atoms with Gasteiger partial charge in [0.25, 0.3) is 0 Å². The lowest BCUT2D eigenvalue weighted by atomic mass is 9.87. The van der Waals surface area contributed by atoms with Crippen LogP contribution in [-0.4, -0.2) is 34.4 Å². The van der Waals surface area contributed by atoms with Crippen molar-refractivity contribution in [2.24, 2.45) is 5.92 Å². The summed E-state index contributed by atoms with van der Waals surface area (Å²) in [6.45, 7) is 0.969. The van der Waals surface area contributed by atoms with E-state index in [4.69, 9.17) is 9.47 Å². The van der Waals surface area contributed by atoms with E-state index in [1.165, 1.54) is 24.8 Å². The lowest BCUT2D eigenvalue weighted by Crippen LogP contribution is -2.32. The topological polar surface area (TPSA) is 78.3 Å². The molecule has 1 aliphatic heterocycles. The van der Waals surface area contributed by atoms with Gasteiger partial charge in [-0.25, -0.2) is 18.4 Å². The molecule has 1 aromatic heterocycles. The van der Waals surface area contributed by atoms with E-state index >= 15 is 0 Å². The van der Waals surface area contributed by atoms with Crippen LogP contribution in [0.3, 0.4) is 0 Å². The molecule has 4 rings (SSSR count). The van der Waals surface area contributed by atoms with E-state index in [1.54, 1.807) is 28.9 Å². The minimum atomic E-state index is -1.00. The molecule has 0 unspecified atom stereocenters. The molecule has 2 atom stereocenters. The largest absolute Gasteiger partial charge is 0.493 e. The third-order valence-corrected chi connectivity index (χ3v) is 5.09. The SMILES string of the molecule is O=CNc1ccc(OC[C@@H]2CO[C@@](Cn3cncn3)(c3ccc(F)cc3F)C2)cc1. The first-order chi connectivity index (χ1) is 14.6. The first-order valence-electron chi connectivity index (χ1n) is 9.43. The zero-order chi connectivity index (χ0) is 21.0. The molecular weight excluding hydrogens is 394 g/mol. The number of hydrogen-bond acceptors (Lipinski definition) is 5. The van der Waals surface area contributed by atoms with Crippen LogP contribution in [0.25, 0.3) is 0 Å². The second kappa shape index (κ2) is 8.58. The van der Waals surface area contributed by atoms with E-state index < -0.39 is 17.2 Å². The Hall–Kier alpha value is -3.33. The number of aromatic nitrogens is 3. The molecule has 1 saturated heterocycles. The van der Waals surface area contributed by atoms with Crippen LogP contribution < -0.4 is 10.1 Å². The van der Waals surface area contributed by atoms with Gasteiger partial charge in [-0.15, -0.1) is 0 Å². The molecular formula is C21H20F2N4O3. The summed E-state index contributed by atoms with van der Waals surface area (Å²) in [5.41, 5.74) is -0.0524. The van der Waals surface area contributed by atoms with Crippen LogP contribution >= 0.6 is 0 Å². The Morgan fingerprint density at radius 2 is 2.10 bits per heavy atom. The van der Waals surface area contributed by atoms with Gasteiger partial charge in [0.2, 0.25) is 6.41 Å². The molecule has 1 aliphatic rings. The van der Waals surface area contributed by atoms with Crippen molar-refractivity contribution >= 4 is 12.1 Å². The fourth-order valence-electron chi connectivity index (χ4n) is 3.72. The Bertz CT molecular complexity index is 998. The van der Waals surface area contributed by atoms with Crippen molar-refractivity contribution in [3.8, 4) is 5.75 Å². The fourth-order valence-corrected chi connectivity index (χ4v) is 3.72. The Labute approximate surface area is 171 Å². The van der Waals surface area contributed by atoms with Crippen LogP contribution in [0.5, 0.6) is 5.75 Å². The molecule has 0 radical (unpaired) electrons. The van der Waals surface area contributed by atoms with Gasteiger partial charge in [-0.1, -0.05) is 6.07 Å². The molecule has 30 heavy (non-hydrogen) atoms. The average Bonchev–Trinajstić information content (AvgIpc) is 3.38. The third-order valence-electron chi connectivity index (χ3n) is 5.09. The van der Waals surface area contributed by atoms with Crippen molar-refractivity contribution in [2.45, 2.75) is 18.6 Å². The van der Waals surface area contributed by atoms with Crippen LogP contribution in [0.2, 0.25) is 0 Å². The predicted molar refractivity (Wildman–Crippen MR) is 104 cm³/mol. The number of rotatable bonds is 8. The van der Waals surface area contributed by atoms with Crippen LogP contribution in [0, 0.1) is 17.6 Å². The number of halogens is 2. The van der Waals surface area contributed by atoms with E-state index in [0.717, 1.165) is 6.07 Å². The van der Waals surface area contributed by atoms with Gasteiger partial charge in [0.05, 0.1) is 19.8 Å². The summed E-state index contributed by atoms with van der Waals surface area (Å²) >= 11 is 0. The highest BCUT2D eigenvalue weighted by Gasteiger charge is 2.44. The Morgan fingerprint density at radius 3 is 2.80 bits per heavy atom. The molecule has 1 amide bonds. The van der Waals surface area contributed by atoms with Crippen molar-refractivity contribution in [1.29, 1.82) is 0 Å². The minimum absolute atomic E-state index is 0.00856. The molecule has 2 heterocycles. The number of nitrogens with one attached hydrogen (secondary N) is 1. The second-order valence-corrected chi connectivity index (χ2v) is 7.19. The predicted octanol–water partition coefficient (Wildman–Crippen LogP) is 3.14. The number of nitrogens with zero attached hydrogens (tertiary/aromatic N) is 3. The summed E-state index contributed by atoms with van der Waals surface area (Å²) in [5, 5.41) is 6.67. The lowest BCUT2D eigenvalue weighted by Gasteiger charge is -2.29. The summed E-state index contributed by atoms with van der Waals surface area (Å²) in [6.07, 6.45) is 4.01. The average molecular weight is 414 g/mol. The van der Waals surface area contributed by atoms with Gasteiger partial charge in [0, 0.05) is 23.2 Å². The zero-order valence-electron chi connectivity index (χ0n) is 16.0. The van der Waals surface area contributed by atoms with Crippen LogP contribution in [0.1, 0.15) is 12.0 Å². The zero-order valence-corrected chi connectivity index (χ0v) is 16.0. The van der Waals surface area contributed by atoms with E-state index in [9.17, 15) is 13.6 Å². The summed E-state index contributed by atoms with van der Waals surface area (Å²) in [7, 11) is 0. The standard InChI is InChI=1S/C21H20F2N4O3/c22-16-1-6-19(20(23)7-16)21(11-27-13-24-12-26-27)8-15(10-30-21)9-29-18-4-2-17(3-5-18)25-14-28/h1-7,12-15H,8-11H2,(H,25,28)/t15-,21+/m1/s1. The maximum atomic E-state index is 14.6. The van der Waals surface area contributed by atoms with E-state index in [0.29, 0.717) is 37.5 Å². The molecule has 9 heteroatoms. The number of anilines is 1. The lowest BCUT2D eigenvalue weighted by molar-refractivity contribution is -0.105. The summed E-state index contributed by atoms with van der Waals surface area (Å²) in [5.74, 6) is -0.661. The third kappa shape index (κ3) is 4.30. The van der Waals surface area contributed by atoms with Crippen LogP contribution in [0.15, 0.2) is 55.1 Å². The first-order valence-corrected chi connectivity index (χ1v) is 9.43. The Balaban J connectivity index is 1.49. The quantitative estimate of drug-likeness (QED) is 0.573. The summed E-state index contributed by atoms with van der Waals surface area (Å²) < 4.78 is 41.6. The number of hydrogen-bond donors (Lipinski definition) is 1. The molecule has 156 valence electrons. The highest BCUT2D eigenvalue weighted by Crippen LogP contribution is 2.42. The fraction of sp³-hybridized carbons (Fsp3) is 0.286. The van der Waals surface area contributed by atoms with Crippen LogP contribution in [-0.2, 0) is 21.7 Å². The molecule has 7 nitrogen and oxygen atoms in total. The molecule has 2 aromatic carbocycles. The smallest absolute Gasteiger partial charge is 0.211 e.